The Morgan fingerprint density at radius 2 is 1.58 bits per heavy atom. The van der Waals surface area contributed by atoms with Crippen LogP contribution in [0.5, 0.6) is 0 Å². The van der Waals surface area contributed by atoms with Crippen LogP contribution in [-0.4, -0.2) is 15.1 Å². The van der Waals surface area contributed by atoms with Gasteiger partial charge < -0.3 is 10.4 Å². The lowest BCUT2D eigenvalue weighted by Crippen LogP contribution is -2.10. The number of hydrogen-bond donors (Lipinski definition) is 2. The van der Waals surface area contributed by atoms with Crippen LogP contribution in [0, 0.1) is 0 Å². The summed E-state index contributed by atoms with van der Waals surface area (Å²) in [5.41, 5.74) is 2.42. The maximum atomic E-state index is 10.1. The van der Waals surface area contributed by atoms with Crippen molar-refractivity contribution in [3.63, 3.8) is 0 Å². The highest BCUT2D eigenvalue weighted by molar-refractivity contribution is 5.75. The van der Waals surface area contributed by atoms with Crippen molar-refractivity contribution in [1.82, 2.24) is 9.97 Å². The van der Waals surface area contributed by atoms with E-state index in [9.17, 15) is 5.11 Å². The zero-order valence-corrected chi connectivity index (χ0v) is 10.2. The molecule has 1 atom stereocenters. The zero-order valence-electron chi connectivity index (χ0n) is 10.2. The van der Waals surface area contributed by atoms with Crippen LogP contribution in [0.3, 0.4) is 0 Å². The summed E-state index contributed by atoms with van der Waals surface area (Å²) >= 11 is 0. The molecule has 0 aliphatic carbocycles. The number of nitrogens with one attached hydrogen (secondary N) is 1. The highest BCUT2D eigenvalue weighted by atomic mass is 16.3. The van der Waals surface area contributed by atoms with Crippen LogP contribution in [0.2, 0.25) is 0 Å². The maximum Gasteiger partial charge on any atom is 0.151 e. The SMILES string of the molecule is OC(Nc1cnc2ccccc2n1)c1ccccc1. The Balaban J connectivity index is 1.85. The second-order valence-electron chi connectivity index (χ2n) is 4.20. The van der Waals surface area contributed by atoms with E-state index in [0.717, 1.165) is 16.6 Å². The molecule has 0 saturated heterocycles. The van der Waals surface area contributed by atoms with Crippen molar-refractivity contribution in [2.45, 2.75) is 6.23 Å². The molecule has 2 aromatic carbocycles. The predicted octanol–water partition coefficient (Wildman–Crippen LogP) is 2.73. The van der Waals surface area contributed by atoms with Gasteiger partial charge in [-0.1, -0.05) is 42.5 Å². The summed E-state index contributed by atoms with van der Waals surface area (Å²) in [5.74, 6) is 0.551. The molecule has 0 fully saturated rings. The Hall–Kier alpha value is -2.46. The van der Waals surface area contributed by atoms with Gasteiger partial charge in [-0.2, -0.15) is 0 Å². The monoisotopic (exact) mass is 251 g/mol. The van der Waals surface area contributed by atoms with E-state index in [0.29, 0.717) is 5.82 Å². The minimum atomic E-state index is -0.795. The largest absolute Gasteiger partial charge is 0.369 e. The normalized spacial score (nSPS) is 12.3. The van der Waals surface area contributed by atoms with Crippen LogP contribution in [0.1, 0.15) is 11.8 Å². The highest BCUT2D eigenvalue weighted by Gasteiger charge is 2.07. The van der Waals surface area contributed by atoms with E-state index in [-0.39, 0.29) is 0 Å². The molecule has 0 aliphatic heterocycles. The van der Waals surface area contributed by atoms with Crippen LogP contribution < -0.4 is 5.32 Å². The number of anilines is 1. The van der Waals surface area contributed by atoms with Crippen molar-refractivity contribution < 1.29 is 5.11 Å². The first-order chi connectivity index (χ1) is 9.33. The van der Waals surface area contributed by atoms with Crippen molar-refractivity contribution in [2.24, 2.45) is 0 Å². The Morgan fingerprint density at radius 1 is 0.895 bits per heavy atom. The molecule has 0 spiro atoms. The van der Waals surface area contributed by atoms with Crippen molar-refractivity contribution in [3.8, 4) is 0 Å². The van der Waals surface area contributed by atoms with Crippen LogP contribution in [0.15, 0.2) is 60.8 Å². The van der Waals surface area contributed by atoms with E-state index < -0.39 is 6.23 Å². The number of aliphatic hydroxyl groups excluding tert-OH is 1. The summed E-state index contributed by atoms with van der Waals surface area (Å²) in [6.07, 6.45) is 0.825. The van der Waals surface area contributed by atoms with Gasteiger partial charge in [0, 0.05) is 5.56 Å². The molecule has 0 radical (unpaired) electrons. The average Bonchev–Trinajstić information content (AvgIpc) is 2.48. The van der Waals surface area contributed by atoms with E-state index in [2.05, 4.69) is 15.3 Å². The van der Waals surface area contributed by atoms with Gasteiger partial charge in [0.2, 0.25) is 0 Å². The standard InChI is InChI=1S/C15H13N3O/c19-15(11-6-2-1-3-7-11)18-14-10-16-12-8-4-5-9-13(12)17-14/h1-10,15,19H,(H,17,18). The molecule has 4 nitrogen and oxygen atoms in total. The van der Waals surface area contributed by atoms with E-state index >= 15 is 0 Å². The van der Waals surface area contributed by atoms with Crippen LogP contribution in [-0.2, 0) is 0 Å². The maximum absolute atomic E-state index is 10.1. The molecule has 1 heterocycles. The van der Waals surface area contributed by atoms with Gasteiger partial charge in [0.05, 0.1) is 17.2 Å². The number of rotatable bonds is 3. The summed E-state index contributed by atoms with van der Waals surface area (Å²) in [6, 6.07) is 17.0. The first-order valence-corrected chi connectivity index (χ1v) is 6.04. The number of aromatic nitrogens is 2. The third-order valence-electron chi connectivity index (χ3n) is 2.85. The van der Waals surface area contributed by atoms with E-state index in [1.807, 2.05) is 54.6 Å². The smallest absolute Gasteiger partial charge is 0.151 e. The number of para-hydroxylation sites is 2. The zero-order chi connectivity index (χ0) is 13.1. The average molecular weight is 251 g/mol. The number of hydrogen-bond acceptors (Lipinski definition) is 4. The van der Waals surface area contributed by atoms with Gasteiger partial charge in [-0.25, -0.2) is 4.98 Å². The Bertz CT molecular complexity index is 685. The van der Waals surface area contributed by atoms with Crippen molar-refractivity contribution >= 4 is 16.9 Å². The van der Waals surface area contributed by atoms with Gasteiger partial charge in [0.1, 0.15) is 5.82 Å². The quantitative estimate of drug-likeness (QED) is 0.703. The summed E-state index contributed by atoms with van der Waals surface area (Å²) in [7, 11) is 0. The fraction of sp³-hybridized carbons (Fsp3) is 0.0667. The summed E-state index contributed by atoms with van der Waals surface area (Å²) in [6.45, 7) is 0. The molecule has 0 saturated carbocycles. The molecular weight excluding hydrogens is 238 g/mol. The molecular formula is C15H13N3O. The molecule has 0 bridgehead atoms. The molecule has 0 aliphatic rings. The lowest BCUT2D eigenvalue weighted by atomic mass is 10.2. The second kappa shape index (κ2) is 5.04. The molecule has 0 amide bonds. The molecule has 4 heteroatoms. The Kier molecular flexibility index (Phi) is 3.08. The van der Waals surface area contributed by atoms with Gasteiger partial charge in [-0.3, -0.25) is 4.98 Å². The molecule has 1 unspecified atom stereocenters. The van der Waals surface area contributed by atoms with Gasteiger partial charge >= 0.3 is 0 Å². The van der Waals surface area contributed by atoms with Crippen LogP contribution in [0.25, 0.3) is 11.0 Å². The van der Waals surface area contributed by atoms with E-state index in [1.165, 1.54) is 0 Å². The van der Waals surface area contributed by atoms with Crippen LogP contribution in [0.4, 0.5) is 5.82 Å². The molecule has 3 rings (SSSR count). The molecule has 94 valence electrons. The molecule has 3 aromatic rings. The first-order valence-electron chi connectivity index (χ1n) is 6.04. The predicted molar refractivity (Wildman–Crippen MR) is 74.6 cm³/mol. The van der Waals surface area contributed by atoms with Gasteiger partial charge in [-0.15, -0.1) is 0 Å². The van der Waals surface area contributed by atoms with Gasteiger partial charge in [0.25, 0.3) is 0 Å². The fourth-order valence-electron chi connectivity index (χ4n) is 1.89. The summed E-state index contributed by atoms with van der Waals surface area (Å²) in [4.78, 5) is 8.70. The number of benzene rings is 2. The number of aliphatic hydroxyl groups is 1. The minimum Gasteiger partial charge on any atom is -0.369 e. The summed E-state index contributed by atoms with van der Waals surface area (Å²) in [5, 5.41) is 13.0. The number of fused-ring (bicyclic) bond motifs is 1. The third kappa shape index (κ3) is 2.53. The van der Waals surface area contributed by atoms with Crippen molar-refractivity contribution in [3.05, 3.63) is 66.4 Å². The molecule has 2 N–H and O–H groups in total. The summed E-state index contributed by atoms with van der Waals surface area (Å²) < 4.78 is 0. The minimum absolute atomic E-state index is 0.551. The van der Waals surface area contributed by atoms with Crippen molar-refractivity contribution in [1.29, 1.82) is 0 Å². The van der Waals surface area contributed by atoms with Gasteiger partial charge in [-0.05, 0) is 12.1 Å². The lowest BCUT2D eigenvalue weighted by Gasteiger charge is -2.13. The van der Waals surface area contributed by atoms with E-state index in [4.69, 9.17) is 0 Å². The number of nitrogens with zero attached hydrogens (tertiary/aromatic N) is 2. The van der Waals surface area contributed by atoms with Gasteiger partial charge in [0.15, 0.2) is 6.23 Å². The second-order valence-corrected chi connectivity index (χ2v) is 4.20. The fourth-order valence-corrected chi connectivity index (χ4v) is 1.89. The molecule has 1 aromatic heterocycles. The van der Waals surface area contributed by atoms with E-state index in [1.54, 1.807) is 6.20 Å². The Labute approximate surface area is 110 Å². The molecule has 19 heavy (non-hydrogen) atoms. The topological polar surface area (TPSA) is 58.0 Å². The lowest BCUT2D eigenvalue weighted by molar-refractivity contribution is 0.207. The Morgan fingerprint density at radius 3 is 2.37 bits per heavy atom. The van der Waals surface area contributed by atoms with Crippen LogP contribution >= 0.6 is 0 Å². The highest BCUT2D eigenvalue weighted by Crippen LogP contribution is 2.17. The van der Waals surface area contributed by atoms with Crippen molar-refractivity contribution in [2.75, 3.05) is 5.32 Å². The first kappa shape index (κ1) is 11.6. The third-order valence-corrected chi connectivity index (χ3v) is 2.85.